The van der Waals surface area contributed by atoms with Gasteiger partial charge in [-0.3, -0.25) is 4.79 Å². The zero-order valence-corrected chi connectivity index (χ0v) is 15.3. The third kappa shape index (κ3) is 4.07. The van der Waals surface area contributed by atoms with Gasteiger partial charge in [-0.25, -0.2) is 4.98 Å². The van der Waals surface area contributed by atoms with Gasteiger partial charge in [0.25, 0.3) is 5.91 Å². The molecular weight excluding hydrogens is 330 g/mol. The van der Waals surface area contributed by atoms with Crippen LogP contribution in [-0.4, -0.2) is 38.2 Å². The van der Waals surface area contributed by atoms with E-state index in [1.807, 2.05) is 12.1 Å². The van der Waals surface area contributed by atoms with Crippen molar-refractivity contribution in [2.45, 2.75) is 25.7 Å². The smallest absolute Gasteiger partial charge is 0.263 e. The maximum Gasteiger partial charge on any atom is 0.263 e. The lowest BCUT2D eigenvalue weighted by Crippen LogP contribution is -2.24. The second-order valence-corrected chi connectivity index (χ2v) is 6.30. The van der Waals surface area contributed by atoms with Crippen molar-refractivity contribution < 1.29 is 14.3 Å². The summed E-state index contributed by atoms with van der Waals surface area (Å²) in [5.41, 5.74) is 1.01. The molecule has 3 rings (SSSR count). The number of hydrogen-bond acceptors (Lipinski definition) is 5. The van der Waals surface area contributed by atoms with Crippen LogP contribution in [-0.2, 0) is 0 Å². The molecule has 138 valence electrons. The van der Waals surface area contributed by atoms with Crippen molar-refractivity contribution in [1.82, 2.24) is 4.98 Å². The minimum atomic E-state index is -0.288. The molecule has 0 spiro atoms. The number of rotatable bonds is 5. The number of benzene rings is 1. The molecule has 0 radical (unpaired) electrons. The molecule has 6 nitrogen and oxygen atoms in total. The van der Waals surface area contributed by atoms with Crippen LogP contribution in [0.5, 0.6) is 11.5 Å². The van der Waals surface area contributed by atoms with E-state index >= 15 is 0 Å². The van der Waals surface area contributed by atoms with Gasteiger partial charge in [0.1, 0.15) is 22.9 Å². The molecule has 1 aliphatic heterocycles. The number of carbonyl (C=O) groups is 1. The lowest BCUT2D eigenvalue weighted by Gasteiger charge is -2.21. The predicted molar refractivity (Wildman–Crippen MR) is 102 cm³/mol. The fourth-order valence-electron chi connectivity index (χ4n) is 3.22. The van der Waals surface area contributed by atoms with E-state index in [-0.39, 0.29) is 5.91 Å². The van der Waals surface area contributed by atoms with E-state index < -0.39 is 0 Å². The van der Waals surface area contributed by atoms with Crippen molar-refractivity contribution in [2.24, 2.45) is 0 Å². The monoisotopic (exact) mass is 355 g/mol. The summed E-state index contributed by atoms with van der Waals surface area (Å²) in [6.45, 7) is 2.08. The summed E-state index contributed by atoms with van der Waals surface area (Å²) in [6, 6.07) is 9.09. The molecule has 0 saturated carbocycles. The van der Waals surface area contributed by atoms with Gasteiger partial charge in [-0.1, -0.05) is 18.9 Å². The maximum absolute atomic E-state index is 12.7. The van der Waals surface area contributed by atoms with Gasteiger partial charge >= 0.3 is 0 Å². The quantitative estimate of drug-likeness (QED) is 0.885. The highest BCUT2D eigenvalue weighted by molar-refractivity contribution is 6.08. The summed E-state index contributed by atoms with van der Waals surface area (Å²) >= 11 is 0. The van der Waals surface area contributed by atoms with Crippen LogP contribution in [0.15, 0.2) is 36.5 Å². The van der Waals surface area contributed by atoms with E-state index in [1.54, 1.807) is 24.4 Å². The zero-order valence-electron chi connectivity index (χ0n) is 15.3. The van der Waals surface area contributed by atoms with Gasteiger partial charge in [0.15, 0.2) is 0 Å². The van der Waals surface area contributed by atoms with Crippen LogP contribution in [0.1, 0.15) is 36.0 Å². The van der Waals surface area contributed by atoms with E-state index in [0.29, 0.717) is 22.7 Å². The summed E-state index contributed by atoms with van der Waals surface area (Å²) < 4.78 is 10.6. The highest BCUT2D eigenvalue weighted by Crippen LogP contribution is 2.29. The standard InChI is InChI=1S/C20H25N3O3/c1-25-16-8-7-9-17(26-2)19(16)20(24)22-15-10-11-18(21-14-15)23-12-5-3-4-6-13-23/h7-11,14H,3-6,12-13H2,1-2H3,(H,22,24). The first-order chi connectivity index (χ1) is 12.7. The molecule has 0 unspecified atom stereocenters. The van der Waals surface area contributed by atoms with E-state index in [4.69, 9.17) is 9.47 Å². The molecule has 1 N–H and O–H groups in total. The van der Waals surface area contributed by atoms with E-state index in [1.165, 1.54) is 39.9 Å². The maximum atomic E-state index is 12.7. The number of hydrogen-bond donors (Lipinski definition) is 1. The molecule has 2 aromatic rings. The number of ether oxygens (including phenoxy) is 2. The first-order valence-electron chi connectivity index (χ1n) is 8.96. The lowest BCUT2D eigenvalue weighted by atomic mass is 10.1. The van der Waals surface area contributed by atoms with Crippen molar-refractivity contribution in [3.63, 3.8) is 0 Å². The van der Waals surface area contributed by atoms with Crippen molar-refractivity contribution >= 4 is 17.4 Å². The Kier molecular flexibility index (Phi) is 5.94. The molecule has 1 saturated heterocycles. The number of nitrogens with one attached hydrogen (secondary N) is 1. The molecule has 0 atom stereocenters. The van der Waals surface area contributed by atoms with Crippen LogP contribution in [0.2, 0.25) is 0 Å². The van der Waals surface area contributed by atoms with Crippen LogP contribution in [0.4, 0.5) is 11.5 Å². The number of pyridine rings is 1. The summed E-state index contributed by atoms with van der Waals surface area (Å²) in [4.78, 5) is 19.5. The topological polar surface area (TPSA) is 63.7 Å². The largest absolute Gasteiger partial charge is 0.496 e. The van der Waals surface area contributed by atoms with Gasteiger partial charge in [-0.05, 0) is 37.1 Å². The number of nitrogens with zero attached hydrogens (tertiary/aromatic N) is 2. The molecule has 1 aromatic heterocycles. The van der Waals surface area contributed by atoms with Crippen molar-refractivity contribution in [3.05, 3.63) is 42.1 Å². The Balaban J connectivity index is 1.74. The Morgan fingerprint density at radius 3 is 2.19 bits per heavy atom. The van der Waals surface area contributed by atoms with Crippen LogP contribution in [0.25, 0.3) is 0 Å². The summed E-state index contributed by atoms with van der Waals surface area (Å²) in [5, 5.41) is 2.87. The number of methoxy groups -OCH3 is 2. The first kappa shape index (κ1) is 18.0. The second-order valence-electron chi connectivity index (χ2n) is 6.30. The van der Waals surface area contributed by atoms with Crippen LogP contribution in [0.3, 0.4) is 0 Å². The molecule has 1 aliphatic rings. The summed E-state index contributed by atoms with van der Waals surface area (Å²) in [6.07, 6.45) is 6.66. The summed E-state index contributed by atoms with van der Waals surface area (Å²) in [5.74, 6) is 1.61. The van der Waals surface area contributed by atoms with E-state index in [9.17, 15) is 4.79 Å². The van der Waals surface area contributed by atoms with Gasteiger partial charge in [-0.15, -0.1) is 0 Å². The van der Waals surface area contributed by atoms with Gasteiger partial charge in [0.2, 0.25) is 0 Å². The Labute approximate surface area is 154 Å². The molecule has 2 heterocycles. The van der Waals surface area contributed by atoms with Gasteiger partial charge in [0, 0.05) is 13.1 Å². The average molecular weight is 355 g/mol. The van der Waals surface area contributed by atoms with Crippen LogP contribution < -0.4 is 19.7 Å². The minimum absolute atomic E-state index is 0.288. The number of anilines is 2. The Morgan fingerprint density at radius 1 is 1.00 bits per heavy atom. The lowest BCUT2D eigenvalue weighted by molar-refractivity contribution is 0.102. The van der Waals surface area contributed by atoms with Gasteiger partial charge < -0.3 is 19.7 Å². The second kappa shape index (κ2) is 8.56. The fourth-order valence-corrected chi connectivity index (χ4v) is 3.22. The van der Waals surface area contributed by atoms with Crippen molar-refractivity contribution in [3.8, 4) is 11.5 Å². The third-order valence-electron chi connectivity index (χ3n) is 4.59. The molecule has 0 bridgehead atoms. The molecule has 1 fully saturated rings. The fraction of sp³-hybridized carbons (Fsp3) is 0.400. The third-order valence-corrected chi connectivity index (χ3v) is 4.59. The van der Waals surface area contributed by atoms with Crippen molar-refractivity contribution in [1.29, 1.82) is 0 Å². The van der Waals surface area contributed by atoms with Crippen molar-refractivity contribution in [2.75, 3.05) is 37.5 Å². The van der Waals surface area contributed by atoms with Gasteiger partial charge in [0.05, 0.1) is 26.1 Å². The Morgan fingerprint density at radius 2 is 1.65 bits per heavy atom. The van der Waals surface area contributed by atoms with Crippen LogP contribution in [0, 0.1) is 0 Å². The minimum Gasteiger partial charge on any atom is -0.496 e. The summed E-state index contributed by atoms with van der Waals surface area (Å²) in [7, 11) is 3.06. The van der Waals surface area contributed by atoms with Crippen LogP contribution >= 0.6 is 0 Å². The number of aromatic nitrogens is 1. The highest BCUT2D eigenvalue weighted by Gasteiger charge is 2.18. The molecule has 1 aromatic carbocycles. The molecule has 26 heavy (non-hydrogen) atoms. The predicted octanol–water partition coefficient (Wildman–Crippen LogP) is 3.73. The molecule has 0 aliphatic carbocycles. The Hall–Kier alpha value is -2.76. The van der Waals surface area contributed by atoms with E-state index in [2.05, 4.69) is 15.2 Å². The SMILES string of the molecule is COc1cccc(OC)c1C(=O)Nc1ccc(N2CCCCCC2)nc1. The molecular formula is C20H25N3O3. The average Bonchev–Trinajstić information content (AvgIpc) is 2.97. The number of carbonyl (C=O) groups excluding carboxylic acids is 1. The Bertz CT molecular complexity index is 716. The van der Waals surface area contributed by atoms with E-state index in [0.717, 1.165) is 18.9 Å². The first-order valence-corrected chi connectivity index (χ1v) is 8.96. The molecule has 6 heteroatoms. The van der Waals surface area contributed by atoms with Gasteiger partial charge in [-0.2, -0.15) is 0 Å². The zero-order chi connectivity index (χ0) is 18.4. The molecule has 1 amide bonds. The highest BCUT2D eigenvalue weighted by atomic mass is 16.5. The number of amides is 1. The normalized spacial score (nSPS) is 14.5.